The van der Waals surface area contributed by atoms with E-state index in [9.17, 15) is 17.6 Å². The van der Waals surface area contributed by atoms with Crippen LogP contribution in [0.5, 0.6) is 5.75 Å². The Kier molecular flexibility index (Phi) is 6.83. The standard InChI is InChI=1S/C13H15F4NO2S/c14-12(15)13(16,17)8-19-6-1-7-20-10-4-2-9(3-5-10)11(18)21/h2-5,12H,1,6-8H2,(H2,18,21). The second kappa shape index (κ2) is 8.14. The quantitative estimate of drug-likeness (QED) is 0.431. The van der Waals surface area contributed by atoms with Gasteiger partial charge in [-0.25, -0.2) is 8.78 Å². The highest BCUT2D eigenvalue weighted by molar-refractivity contribution is 7.80. The molecule has 1 aromatic rings. The highest BCUT2D eigenvalue weighted by Gasteiger charge is 2.40. The lowest BCUT2D eigenvalue weighted by molar-refractivity contribution is -0.166. The highest BCUT2D eigenvalue weighted by Crippen LogP contribution is 2.22. The Hall–Kier alpha value is -1.41. The van der Waals surface area contributed by atoms with Crippen molar-refractivity contribution < 1.29 is 27.0 Å². The summed E-state index contributed by atoms with van der Waals surface area (Å²) in [7, 11) is 0. The largest absolute Gasteiger partial charge is 0.494 e. The number of nitrogens with two attached hydrogens (primary N) is 1. The maximum Gasteiger partial charge on any atom is 0.330 e. The van der Waals surface area contributed by atoms with E-state index in [0.29, 0.717) is 17.7 Å². The van der Waals surface area contributed by atoms with Crippen LogP contribution in [0.2, 0.25) is 0 Å². The number of ether oxygens (including phenoxy) is 2. The van der Waals surface area contributed by atoms with Crippen molar-refractivity contribution in [2.75, 3.05) is 19.8 Å². The van der Waals surface area contributed by atoms with Crippen LogP contribution in [0.4, 0.5) is 17.6 Å². The summed E-state index contributed by atoms with van der Waals surface area (Å²) in [6, 6.07) is 6.72. The molecule has 0 amide bonds. The Morgan fingerprint density at radius 3 is 2.33 bits per heavy atom. The molecule has 0 fully saturated rings. The van der Waals surface area contributed by atoms with E-state index in [0.717, 1.165) is 0 Å². The minimum Gasteiger partial charge on any atom is -0.494 e. The lowest BCUT2D eigenvalue weighted by atomic mass is 10.2. The highest BCUT2D eigenvalue weighted by atomic mass is 32.1. The summed E-state index contributed by atoms with van der Waals surface area (Å²) >= 11 is 4.79. The van der Waals surface area contributed by atoms with Crippen molar-refractivity contribution in [1.29, 1.82) is 0 Å². The molecular formula is C13H15F4NO2S. The summed E-state index contributed by atoms with van der Waals surface area (Å²) in [6.07, 6.45) is -3.42. The lowest BCUT2D eigenvalue weighted by Crippen LogP contribution is -2.32. The van der Waals surface area contributed by atoms with Gasteiger partial charge >= 0.3 is 12.3 Å². The van der Waals surface area contributed by atoms with Crippen LogP contribution < -0.4 is 10.5 Å². The van der Waals surface area contributed by atoms with E-state index in [4.69, 9.17) is 22.7 Å². The fourth-order valence-corrected chi connectivity index (χ4v) is 1.47. The van der Waals surface area contributed by atoms with Gasteiger partial charge in [0.25, 0.3) is 0 Å². The number of thiocarbonyl (C=S) groups is 1. The summed E-state index contributed by atoms with van der Waals surface area (Å²) in [5.74, 6) is -3.55. The molecular weight excluding hydrogens is 310 g/mol. The molecule has 0 saturated carbocycles. The molecule has 0 atom stereocenters. The normalized spacial score (nSPS) is 11.7. The molecule has 0 aromatic heterocycles. The molecule has 2 N–H and O–H groups in total. The van der Waals surface area contributed by atoms with Gasteiger partial charge in [-0.1, -0.05) is 12.2 Å². The predicted molar refractivity (Wildman–Crippen MR) is 74.2 cm³/mol. The van der Waals surface area contributed by atoms with Gasteiger partial charge in [0.15, 0.2) is 0 Å². The molecule has 0 aliphatic carbocycles. The average molecular weight is 325 g/mol. The second-order valence-electron chi connectivity index (χ2n) is 4.20. The van der Waals surface area contributed by atoms with Crippen molar-refractivity contribution in [2.45, 2.75) is 18.8 Å². The van der Waals surface area contributed by atoms with Gasteiger partial charge in [-0.15, -0.1) is 0 Å². The van der Waals surface area contributed by atoms with Gasteiger partial charge in [0.05, 0.1) is 13.2 Å². The van der Waals surface area contributed by atoms with Crippen LogP contribution in [0.15, 0.2) is 24.3 Å². The number of benzene rings is 1. The monoisotopic (exact) mass is 325 g/mol. The third kappa shape index (κ3) is 6.26. The van der Waals surface area contributed by atoms with E-state index in [-0.39, 0.29) is 18.2 Å². The first-order chi connectivity index (χ1) is 9.83. The molecule has 0 heterocycles. The topological polar surface area (TPSA) is 44.5 Å². The summed E-state index contributed by atoms with van der Waals surface area (Å²) in [6.45, 7) is -1.17. The van der Waals surface area contributed by atoms with Gasteiger partial charge in [0, 0.05) is 12.0 Å². The fraction of sp³-hybridized carbons (Fsp3) is 0.462. The average Bonchev–Trinajstić information content (AvgIpc) is 2.43. The second-order valence-corrected chi connectivity index (χ2v) is 4.64. The number of hydrogen-bond donors (Lipinski definition) is 1. The zero-order chi connectivity index (χ0) is 15.9. The van der Waals surface area contributed by atoms with Crippen molar-refractivity contribution in [1.82, 2.24) is 0 Å². The Bertz CT molecular complexity index is 454. The first-order valence-electron chi connectivity index (χ1n) is 6.09. The number of alkyl halides is 4. The zero-order valence-corrected chi connectivity index (χ0v) is 11.8. The molecule has 1 rings (SSSR count). The molecule has 1 aromatic carbocycles. The zero-order valence-electron chi connectivity index (χ0n) is 11.0. The molecule has 0 aliphatic rings. The molecule has 0 aliphatic heterocycles. The van der Waals surface area contributed by atoms with Gasteiger partial charge in [0.2, 0.25) is 0 Å². The van der Waals surface area contributed by atoms with E-state index in [1.54, 1.807) is 24.3 Å². The van der Waals surface area contributed by atoms with Crippen molar-refractivity contribution >= 4 is 17.2 Å². The fourth-order valence-electron chi connectivity index (χ4n) is 1.34. The van der Waals surface area contributed by atoms with Crippen LogP contribution in [0.3, 0.4) is 0 Å². The van der Waals surface area contributed by atoms with Crippen LogP contribution in [0.1, 0.15) is 12.0 Å². The van der Waals surface area contributed by atoms with Crippen molar-refractivity contribution in [3.05, 3.63) is 29.8 Å². The van der Waals surface area contributed by atoms with E-state index in [1.807, 2.05) is 0 Å². The van der Waals surface area contributed by atoms with Gasteiger partial charge < -0.3 is 15.2 Å². The Labute approximate surface area is 125 Å². The van der Waals surface area contributed by atoms with E-state index in [1.165, 1.54) is 0 Å². The van der Waals surface area contributed by atoms with E-state index in [2.05, 4.69) is 4.74 Å². The maximum absolute atomic E-state index is 12.5. The summed E-state index contributed by atoms with van der Waals surface area (Å²) in [4.78, 5) is 0.273. The van der Waals surface area contributed by atoms with Gasteiger partial charge in [0.1, 0.15) is 17.3 Å². The first kappa shape index (κ1) is 17.6. The summed E-state index contributed by atoms with van der Waals surface area (Å²) in [5, 5.41) is 0. The minimum atomic E-state index is -4.11. The molecule has 21 heavy (non-hydrogen) atoms. The molecule has 0 spiro atoms. The third-order valence-corrected chi connectivity index (χ3v) is 2.69. The molecule has 3 nitrogen and oxygen atoms in total. The molecule has 118 valence electrons. The number of rotatable bonds is 9. The summed E-state index contributed by atoms with van der Waals surface area (Å²) in [5.41, 5.74) is 6.14. The molecule has 0 bridgehead atoms. The smallest absolute Gasteiger partial charge is 0.330 e. The van der Waals surface area contributed by atoms with Gasteiger partial charge in [-0.2, -0.15) is 8.78 Å². The van der Waals surface area contributed by atoms with Crippen molar-refractivity contribution in [3.63, 3.8) is 0 Å². The van der Waals surface area contributed by atoms with Crippen LogP contribution in [-0.2, 0) is 4.74 Å². The SMILES string of the molecule is NC(=S)c1ccc(OCCCOCC(F)(F)C(F)F)cc1. The Morgan fingerprint density at radius 2 is 1.81 bits per heavy atom. The molecule has 0 radical (unpaired) electrons. The van der Waals surface area contributed by atoms with E-state index < -0.39 is 19.0 Å². The van der Waals surface area contributed by atoms with E-state index >= 15 is 0 Å². The molecule has 8 heteroatoms. The Balaban J connectivity index is 2.18. The Morgan fingerprint density at radius 1 is 1.19 bits per heavy atom. The predicted octanol–water partition coefficient (Wildman–Crippen LogP) is 3.01. The van der Waals surface area contributed by atoms with Crippen LogP contribution in [-0.4, -0.2) is 37.2 Å². The molecule has 0 saturated heterocycles. The van der Waals surface area contributed by atoms with Crippen molar-refractivity contribution in [2.24, 2.45) is 5.73 Å². The molecule has 0 unspecified atom stereocenters. The van der Waals surface area contributed by atoms with Crippen molar-refractivity contribution in [3.8, 4) is 5.75 Å². The van der Waals surface area contributed by atoms with Crippen LogP contribution >= 0.6 is 12.2 Å². The third-order valence-electron chi connectivity index (χ3n) is 2.45. The van der Waals surface area contributed by atoms with Crippen LogP contribution in [0, 0.1) is 0 Å². The maximum atomic E-state index is 12.5. The first-order valence-corrected chi connectivity index (χ1v) is 6.50. The van der Waals surface area contributed by atoms with Gasteiger partial charge in [-0.3, -0.25) is 0 Å². The number of hydrogen-bond acceptors (Lipinski definition) is 3. The minimum absolute atomic E-state index is 0.0900. The van der Waals surface area contributed by atoms with Crippen LogP contribution in [0.25, 0.3) is 0 Å². The van der Waals surface area contributed by atoms with Gasteiger partial charge in [-0.05, 0) is 24.3 Å². The summed E-state index contributed by atoms with van der Waals surface area (Å²) < 4.78 is 58.5. The lowest BCUT2D eigenvalue weighted by Gasteiger charge is -2.15. The number of halogens is 4.